The lowest BCUT2D eigenvalue weighted by atomic mass is 10.3. The SMILES string of the molecule is O=c1/c(=C/c2cccnc2)sc2n1CN(c1cccc(Br)c1)CN=2. The van der Waals surface area contributed by atoms with E-state index in [0.717, 1.165) is 20.5 Å². The van der Waals surface area contributed by atoms with Crippen molar-refractivity contribution in [3.05, 3.63) is 78.5 Å². The molecule has 0 N–H and O–H groups in total. The molecule has 0 bridgehead atoms. The number of halogens is 1. The van der Waals surface area contributed by atoms with E-state index in [2.05, 4.69) is 30.8 Å². The van der Waals surface area contributed by atoms with Gasteiger partial charge in [-0.1, -0.05) is 39.4 Å². The summed E-state index contributed by atoms with van der Waals surface area (Å²) in [5.41, 5.74) is 1.94. The van der Waals surface area contributed by atoms with Crippen LogP contribution in [0.3, 0.4) is 0 Å². The first-order valence-corrected chi connectivity index (χ1v) is 8.98. The predicted molar refractivity (Wildman–Crippen MR) is 98.7 cm³/mol. The zero-order valence-electron chi connectivity index (χ0n) is 12.6. The Bertz CT molecular complexity index is 1060. The number of hydrogen-bond acceptors (Lipinski definition) is 5. The number of rotatable bonds is 2. The van der Waals surface area contributed by atoms with E-state index in [1.165, 1.54) is 11.3 Å². The Hall–Kier alpha value is -2.25. The van der Waals surface area contributed by atoms with E-state index in [-0.39, 0.29) is 5.56 Å². The van der Waals surface area contributed by atoms with Crippen molar-refractivity contribution in [2.24, 2.45) is 4.99 Å². The van der Waals surface area contributed by atoms with Crippen LogP contribution in [0.15, 0.2) is 63.1 Å². The van der Waals surface area contributed by atoms with Gasteiger partial charge in [-0.05, 0) is 35.9 Å². The van der Waals surface area contributed by atoms with Crippen molar-refractivity contribution in [2.75, 3.05) is 11.6 Å². The summed E-state index contributed by atoms with van der Waals surface area (Å²) >= 11 is 4.90. The first kappa shape index (κ1) is 15.3. The third-order valence-electron chi connectivity index (χ3n) is 3.73. The Morgan fingerprint density at radius 2 is 2.17 bits per heavy atom. The van der Waals surface area contributed by atoms with Crippen LogP contribution in [-0.2, 0) is 6.67 Å². The molecular formula is C17H13BrN4OS. The second-order valence-corrected chi connectivity index (χ2v) is 7.30. The molecule has 4 rings (SSSR count). The van der Waals surface area contributed by atoms with Gasteiger partial charge in [0.2, 0.25) is 0 Å². The highest BCUT2D eigenvalue weighted by Crippen LogP contribution is 2.20. The summed E-state index contributed by atoms with van der Waals surface area (Å²) in [6, 6.07) is 11.8. The molecule has 120 valence electrons. The summed E-state index contributed by atoms with van der Waals surface area (Å²) in [5.74, 6) is 0. The molecule has 0 saturated carbocycles. The Kier molecular flexibility index (Phi) is 4.03. The van der Waals surface area contributed by atoms with Gasteiger partial charge in [0.1, 0.15) is 13.3 Å². The van der Waals surface area contributed by atoms with Gasteiger partial charge >= 0.3 is 0 Å². The molecule has 0 unspecified atom stereocenters. The number of thiazole rings is 1. The molecule has 3 heterocycles. The second kappa shape index (κ2) is 6.33. The molecule has 0 amide bonds. The molecular weight excluding hydrogens is 388 g/mol. The highest BCUT2D eigenvalue weighted by Gasteiger charge is 2.16. The lowest BCUT2D eigenvalue weighted by molar-refractivity contribution is 0.569. The van der Waals surface area contributed by atoms with E-state index in [0.29, 0.717) is 17.9 Å². The van der Waals surface area contributed by atoms with Crippen LogP contribution in [-0.4, -0.2) is 16.2 Å². The van der Waals surface area contributed by atoms with E-state index in [1.54, 1.807) is 17.0 Å². The fourth-order valence-electron chi connectivity index (χ4n) is 2.56. The standard InChI is InChI=1S/C17H13BrN4OS/c18-13-4-1-5-14(8-13)21-10-20-17-22(11-21)16(23)15(24-17)7-12-3-2-6-19-9-12/h1-9H,10-11H2/b15-7-. The van der Waals surface area contributed by atoms with E-state index in [4.69, 9.17) is 0 Å². The smallest absolute Gasteiger partial charge is 0.271 e. The number of nitrogens with zero attached hydrogens (tertiary/aromatic N) is 4. The third kappa shape index (κ3) is 2.92. The monoisotopic (exact) mass is 400 g/mol. The quantitative estimate of drug-likeness (QED) is 0.660. The largest absolute Gasteiger partial charge is 0.334 e. The van der Waals surface area contributed by atoms with Crippen LogP contribution >= 0.6 is 27.3 Å². The lowest BCUT2D eigenvalue weighted by Crippen LogP contribution is -2.42. The number of anilines is 1. The van der Waals surface area contributed by atoms with Crippen molar-refractivity contribution >= 4 is 39.0 Å². The summed E-state index contributed by atoms with van der Waals surface area (Å²) in [5, 5.41) is 0. The molecule has 1 aliphatic heterocycles. The normalized spacial score (nSPS) is 14.4. The minimum absolute atomic E-state index is 0.0118. The van der Waals surface area contributed by atoms with Gasteiger partial charge in [-0.25, -0.2) is 4.99 Å². The molecule has 24 heavy (non-hydrogen) atoms. The van der Waals surface area contributed by atoms with Crippen molar-refractivity contribution in [2.45, 2.75) is 6.67 Å². The maximum absolute atomic E-state index is 12.7. The second-order valence-electron chi connectivity index (χ2n) is 5.37. The summed E-state index contributed by atoms with van der Waals surface area (Å²) in [6.45, 7) is 1.05. The van der Waals surface area contributed by atoms with E-state index < -0.39 is 0 Å². The number of benzene rings is 1. The van der Waals surface area contributed by atoms with Crippen LogP contribution in [0, 0.1) is 0 Å². The molecule has 0 atom stereocenters. The molecule has 0 fully saturated rings. The Morgan fingerprint density at radius 3 is 2.96 bits per heavy atom. The Morgan fingerprint density at radius 1 is 1.25 bits per heavy atom. The molecule has 0 spiro atoms. The fraction of sp³-hybridized carbons (Fsp3) is 0.118. The number of pyridine rings is 1. The first-order valence-electron chi connectivity index (χ1n) is 7.37. The van der Waals surface area contributed by atoms with Crippen LogP contribution in [0.1, 0.15) is 5.56 Å². The zero-order chi connectivity index (χ0) is 16.5. The van der Waals surface area contributed by atoms with Crippen LogP contribution in [0.5, 0.6) is 0 Å². The molecule has 7 heteroatoms. The van der Waals surface area contributed by atoms with Crippen LogP contribution < -0.4 is 19.8 Å². The van der Waals surface area contributed by atoms with Crippen molar-refractivity contribution in [3.8, 4) is 0 Å². The van der Waals surface area contributed by atoms with Crippen molar-refractivity contribution in [1.82, 2.24) is 9.55 Å². The van der Waals surface area contributed by atoms with E-state index in [1.807, 2.05) is 42.5 Å². The van der Waals surface area contributed by atoms with Gasteiger partial charge in [0.25, 0.3) is 5.56 Å². The number of fused-ring (bicyclic) bond motifs is 1. The Balaban J connectivity index is 1.73. The Labute approximate surface area is 150 Å². The first-order chi connectivity index (χ1) is 11.7. The third-order valence-corrected chi connectivity index (χ3v) is 5.27. The van der Waals surface area contributed by atoms with Crippen LogP contribution in [0.25, 0.3) is 6.08 Å². The number of hydrogen-bond donors (Lipinski definition) is 0. The van der Waals surface area contributed by atoms with Gasteiger partial charge in [-0.3, -0.25) is 14.3 Å². The highest BCUT2D eigenvalue weighted by atomic mass is 79.9. The summed E-state index contributed by atoms with van der Waals surface area (Å²) in [7, 11) is 0. The van der Waals surface area contributed by atoms with Crippen molar-refractivity contribution in [1.29, 1.82) is 0 Å². The number of aromatic nitrogens is 2. The minimum atomic E-state index is -0.0118. The fourth-order valence-corrected chi connectivity index (χ4v) is 3.91. The van der Waals surface area contributed by atoms with Gasteiger partial charge < -0.3 is 4.90 Å². The molecule has 1 aliphatic rings. The van der Waals surface area contributed by atoms with Gasteiger partial charge in [0.15, 0.2) is 4.80 Å². The molecule has 0 saturated heterocycles. The van der Waals surface area contributed by atoms with Gasteiger partial charge in [0, 0.05) is 22.6 Å². The molecule has 0 aliphatic carbocycles. The van der Waals surface area contributed by atoms with Crippen molar-refractivity contribution in [3.63, 3.8) is 0 Å². The molecule has 3 aromatic rings. The molecule has 2 aromatic heterocycles. The van der Waals surface area contributed by atoms with Crippen LogP contribution in [0.4, 0.5) is 5.69 Å². The topological polar surface area (TPSA) is 50.5 Å². The van der Waals surface area contributed by atoms with E-state index >= 15 is 0 Å². The van der Waals surface area contributed by atoms with Crippen LogP contribution in [0.2, 0.25) is 0 Å². The minimum Gasteiger partial charge on any atom is -0.334 e. The average molecular weight is 401 g/mol. The summed E-state index contributed by atoms with van der Waals surface area (Å²) in [6.07, 6.45) is 5.33. The predicted octanol–water partition coefficient (Wildman–Crippen LogP) is 1.95. The van der Waals surface area contributed by atoms with E-state index in [9.17, 15) is 4.79 Å². The maximum Gasteiger partial charge on any atom is 0.271 e. The molecule has 5 nitrogen and oxygen atoms in total. The highest BCUT2D eigenvalue weighted by molar-refractivity contribution is 9.10. The lowest BCUT2D eigenvalue weighted by Gasteiger charge is -2.25. The van der Waals surface area contributed by atoms with Gasteiger partial charge in [-0.2, -0.15) is 0 Å². The average Bonchev–Trinajstić information content (AvgIpc) is 2.91. The molecule has 0 radical (unpaired) electrons. The summed E-state index contributed by atoms with van der Waals surface area (Å²) in [4.78, 5) is 24.2. The van der Waals surface area contributed by atoms with Gasteiger partial charge in [0.05, 0.1) is 4.53 Å². The van der Waals surface area contributed by atoms with Crippen molar-refractivity contribution < 1.29 is 0 Å². The maximum atomic E-state index is 12.7. The molecule has 1 aromatic carbocycles. The van der Waals surface area contributed by atoms with Gasteiger partial charge in [-0.15, -0.1) is 0 Å². The zero-order valence-corrected chi connectivity index (χ0v) is 15.0. The summed E-state index contributed by atoms with van der Waals surface area (Å²) < 4.78 is 3.41.